The number of aliphatic imine (C=N–C) groups is 1. The van der Waals surface area contributed by atoms with Gasteiger partial charge in [0.05, 0.1) is 10.7 Å². The van der Waals surface area contributed by atoms with E-state index in [2.05, 4.69) is 55.5 Å². The number of likely N-dealkylation sites (tertiary alicyclic amines) is 1. The van der Waals surface area contributed by atoms with Gasteiger partial charge in [0.1, 0.15) is 0 Å². The second kappa shape index (κ2) is 9.48. The zero-order valence-electron chi connectivity index (χ0n) is 15.9. The largest absolute Gasteiger partial charge is 0.356 e. The van der Waals surface area contributed by atoms with Crippen molar-refractivity contribution >= 4 is 28.6 Å². The molecule has 0 aromatic carbocycles. The molecule has 0 radical (unpaired) electrons. The van der Waals surface area contributed by atoms with Crippen LogP contribution in [-0.2, 0) is 6.42 Å². The molecule has 26 heavy (non-hydrogen) atoms. The zero-order chi connectivity index (χ0) is 18.4. The SMILES string of the molecule is CN=C(NCCc1csc(C)n1)NCC1CCCN(C)C1c1cccs1. The maximum absolute atomic E-state index is 4.51. The highest BCUT2D eigenvalue weighted by atomic mass is 32.1. The molecule has 2 aromatic rings. The van der Waals surface area contributed by atoms with Gasteiger partial charge >= 0.3 is 0 Å². The highest BCUT2D eigenvalue weighted by Gasteiger charge is 2.31. The number of rotatable bonds is 6. The Morgan fingerprint density at radius 2 is 2.27 bits per heavy atom. The molecule has 2 N–H and O–H groups in total. The predicted octanol–water partition coefficient (Wildman–Crippen LogP) is 3.30. The highest BCUT2D eigenvalue weighted by Crippen LogP contribution is 2.36. The number of nitrogens with zero attached hydrogens (tertiary/aromatic N) is 3. The van der Waals surface area contributed by atoms with Crippen LogP contribution < -0.4 is 10.6 Å². The maximum Gasteiger partial charge on any atom is 0.190 e. The van der Waals surface area contributed by atoms with E-state index in [0.717, 1.165) is 36.2 Å². The van der Waals surface area contributed by atoms with Gasteiger partial charge in [-0.3, -0.25) is 9.89 Å². The minimum Gasteiger partial charge on any atom is -0.356 e. The summed E-state index contributed by atoms with van der Waals surface area (Å²) in [6, 6.07) is 4.94. The molecular formula is C19H29N5S2. The van der Waals surface area contributed by atoms with Gasteiger partial charge in [-0.25, -0.2) is 4.98 Å². The molecule has 3 heterocycles. The van der Waals surface area contributed by atoms with Crippen molar-refractivity contribution in [3.63, 3.8) is 0 Å². The number of thiophene rings is 1. The van der Waals surface area contributed by atoms with Crippen LogP contribution in [0.5, 0.6) is 0 Å². The van der Waals surface area contributed by atoms with Crippen molar-refractivity contribution in [3.8, 4) is 0 Å². The first-order valence-electron chi connectivity index (χ1n) is 9.26. The first-order chi connectivity index (χ1) is 12.7. The number of hydrogen-bond donors (Lipinski definition) is 2. The average Bonchev–Trinajstić information content (AvgIpc) is 3.30. The second-order valence-corrected chi connectivity index (χ2v) is 8.87. The first-order valence-corrected chi connectivity index (χ1v) is 11.0. The van der Waals surface area contributed by atoms with Crippen molar-refractivity contribution in [3.05, 3.63) is 38.5 Å². The lowest BCUT2D eigenvalue weighted by atomic mass is 9.88. The Kier molecular flexibility index (Phi) is 7.05. The molecular weight excluding hydrogens is 362 g/mol. The van der Waals surface area contributed by atoms with E-state index in [9.17, 15) is 0 Å². The molecule has 0 amide bonds. The third-order valence-corrected chi connectivity index (χ3v) is 6.70. The molecule has 1 saturated heterocycles. The summed E-state index contributed by atoms with van der Waals surface area (Å²) in [4.78, 5) is 12.9. The first kappa shape index (κ1) is 19.3. The van der Waals surface area contributed by atoms with Crippen molar-refractivity contribution in [2.45, 2.75) is 32.2 Å². The van der Waals surface area contributed by atoms with Crippen LogP contribution in [0.15, 0.2) is 27.9 Å². The minimum atomic E-state index is 0.507. The molecule has 3 rings (SSSR count). The van der Waals surface area contributed by atoms with E-state index in [4.69, 9.17) is 0 Å². The second-order valence-electron chi connectivity index (χ2n) is 6.83. The Morgan fingerprint density at radius 1 is 1.38 bits per heavy atom. The van der Waals surface area contributed by atoms with Crippen LogP contribution in [-0.4, -0.2) is 49.6 Å². The van der Waals surface area contributed by atoms with Crippen LogP contribution in [0.1, 0.15) is 34.5 Å². The Bertz CT molecular complexity index is 695. The van der Waals surface area contributed by atoms with Gasteiger partial charge < -0.3 is 10.6 Å². The van der Waals surface area contributed by atoms with E-state index in [1.54, 1.807) is 11.3 Å². The van der Waals surface area contributed by atoms with Gasteiger partial charge in [-0.1, -0.05) is 6.07 Å². The summed E-state index contributed by atoms with van der Waals surface area (Å²) in [6.45, 7) is 5.02. The molecule has 2 atom stereocenters. The number of hydrogen-bond acceptors (Lipinski definition) is 5. The van der Waals surface area contributed by atoms with E-state index in [1.165, 1.54) is 24.3 Å². The normalized spacial score (nSPS) is 21.7. The molecule has 7 heteroatoms. The van der Waals surface area contributed by atoms with Crippen molar-refractivity contribution in [2.24, 2.45) is 10.9 Å². The van der Waals surface area contributed by atoms with Crippen LogP contribution in [0.4, 0.5) is 0 Å². The van der Waals surface area contributed by atoms with E-state index >= 15 is 0 Å². The predicted molar refractivity (Wildman–Crippen MR) is 112 cm³/mol. The topological polar surface area (TPSA) is 52.6 Å². The molecule has 1 aliphatic heterocycles. The lowest BCUT2D eigenvalue weighted by molar-refractivity contribution is 0.125. The third kappa shape index (κ3) is 5.05. The van der Waals surface area contributed by atoms with Crippen molar-refractivity contribution in [1.82, 2.24) is 20.5 Å². The Morgan fingerprint density at radius 3 is 2.96 bits per heavy atom. The molecule has 2 aromatic heterocycles. The summed E-state index contributed by atoms with van der Waals surface area (Å²) in [5.41, 5.74) is 1.15. The zero-order valence-corrected chi connectivity index (χ0v) is 17.5. The van der Waals surface area contributed by atoms with Crippen LogP contribution in [0.25, 0.3) is 0 Å². The van der Waals surface area contributed by atoms with E-state index in [-0.39, 0.29) is 0 Å². The number of nitrogens with one attached hydrogen (secondary N) is 2. The van der Waals surface area contributed by atoms with Crippen molar-refractivity contribution in [1.29, 1.82) is 0 Å². The third-order valence-electron chi connectivity index (χ3n) is 4.94. The molecule has 1 aliphatic rings. The number of piperidine rings is 1. The fraction of sp³-hybridized carbons (Fsp3) is 0.579. The summed E-state index contributed by atoms with van der Waals surface area (Å²) in [5, 5.41) is 12.4. The summed E-state index contributed by atoms with van der Waals surface area (Å²) >= 11 is 3.58. The van der Waals surface area contributed by atoms with Gasteiger partial charge in [0.15, 0.2) is 5.96 Å². The van der Waals surface area contributed by atoms with Gasteiger partial charge in [-0.15, -0.1) is 22.7 Å². The molecule has 0 spiro atoms. The molecule has 0 aliphatic carbocycles. The Labute approximate surface area is 164 Å². The van der Waals surface area contributed by atoms with E-state index in [0.29, 0.717) is 12.0 Å². The number of guanidine groups is 1. The van der Waals surface area contributed by atoms with E-state index < -0.39 is 0 Å². The fourth-order valence-electron chi connectivity index (χ4n) is 3.66. The van der Waals surface area contributed by atoms with Gasteiger partial charge in [0.25, 0.3) is 0 Å². The maximum atomic E-state index is 4.51. The van der Waals surface area contributed by atoms with Gasteiger partial charge in [0.2, 0.25) is 0 Å². The molecule has 2 unspecified atom stereocenters. The summed E-state index contributed by atoms with van der Waals surface area (Å²) in [5.74, 6) is 1.49. The van der Waals surface area contributed by atoms with Crippen molar-refractivity contribution < 1.29 is 0 Å². The fourth-order valence-corrected chi connectivity index (χ4v) is 5.29. The molecule has 0 bridgehead atoms. The molecule has 0 saturated carbocycles. The molecule has 142 valence electrons. The lowest BCUT2D eigenvalue weighted by Gasteiger charge is -2.39. The minimum absolute atomic E-state index is 0.507. The molecule has 1 fully saturated rings. The number of thiazole rings is 1. The Balaban J connectivity index is 1.50. The number of aryl methyl sites for hydroxylation is 1. The van der Waals surface area contributed by atoms with Crippen LogP contribution >= 0.6 is 22.7 Å². The smallest absolute Gasteiger partial charge is 0.190 e. The summed E-state index contributed by atoms with van der Waals surface area (Å²) in [6.07, 6.45) is 3.45. The van der Waals surface area contributed by atoms with Gasteiger partial charge in [-0.05, 0) is 50.7 Å². The highest BCUT2D eigenvalue weighted by molar-refractivity contribution is 7.10. The van der Waals surface area contributed by atoms with Crippen LogP contribution in [0.3, 0.4) is 0 Å². The van der Waals surface area contributed by atoms with Crippen LogP contribution in [0.2, 0.25) is 0 Å². The quantitative estimate of drug-likeness (QED) is 0.586. The van der Waals surface area contributed by atoms with Gasteiger partial charge in [-0.2, -0.15) is 0 Å². The summed E-state index contributed by atoms with van der Waals surface area (Å²) in [7, 11) is 4.09. The van der Waals surface area contributed by atoms with Crippen molar-refractivity contribution in [2.75, 3.05) is 33.7 Å². The van der Waals surface area contributed by atoms with Gasteiger partial charge in [0, 0.05) is 42.9 Å². The lowest BCUT2D eigenvalue weighted by Crippen LogP contribution is -2.45. The number of aromatic nitrogens is 1. The standard InChI is InChI=1S/C19H29N5S2/c1-14-23-16(13-26-14)8-9-21-19(20-2)22-12-15-6-4-10-24(3)18(15)17-7-5-11-25-17/h5,7,11,13,15,18H,4,6,8-10,12H2,1-3H3,(H2,20,21,22). The van der Waals surface area contributed by atoms with E-state index in [1.807, 2.05) is 25.3 Å². The monoisotopic (exact) mass is 391 g/mol. The van der Waals surface area contributed by atoms with Crippen LogP contribution in [0, 0.1) is 12.8 Å². The Hall–Kier alpha value is -1.44. The average molecular weight is 392 g/mol. The summed E-state index contributed by atoms with van der Waals surface area (Å²) < 4.78 is 0. The molecule has 5 nitrogen and oxygen atoms in total.